The quantitative estimate of drug-likeness (QED) is 0.680. The van der Waals surface area contributed by atoms with Crippen LogP contribution in [0.2, 0.25) is 0 Å². The van der Waals surface area contributed by atoms with Gasteiger partial charge in [0.05, 0.1) is 12.2 Å². The summed E-state index contributed by atoms with van der Waals surface area (Å²) in [5.74, 6) is 1.47. The van der Waals surface area contributed by atoms with Crippen molar-refractivity contribution in [1.82, 2.24) is 0 Å². The second kappa shape index (κ2) is 9.74. The van der Waals surface area contributed by atoms with Gasteiger partial charge in [0.15, 0.2) is 0 Å². The van der Waals surface area contributed by atoms with Crippen LogP contribution in [0.25, 0.3) is 0 Å². The van der Waals surface area contributed by atoms with E-state index in [4.69, 9.17) is 4.74 Å². The van der Waals surface area contributed by atoms with Gasteiger partial charge < -0.3 is 4.74 Å². The summed E-state index contributed by atoms with van der Waals surface area (Å²) in [6, 6.07) is 0. The zero-order valence-electron chi connectivity index (χ0n) is 10.8. The average Bonchev–Trinajstić information content (AvgIpc) is 1.80. The largest absolute Gasteiger partial charge is 0.376 e. The van der Waals surface area contributed by atoms with Gasteiger partial charge in [0.2, 0.25) is 0 Å². The zero-order valence-corrected chi connectivity index (χ0v) is 15.3. The van der Waals surface area contributed by atoms with Crippen molar-refractivity contribution in [2.75, 3.05) is 0 Å². The van der Waals surface area contributed by atoms with Gasteiger partial charge in [-0.05, 0) is 38.5 Å². The van der Waals surface area contributed by atoms with E-state index in [2.05, 4.69) is 41.5 Å². The third-order valence-electron chi connectivity index (χ3n) is 2.07. The molecule has 0 rings (SSSR count). The molecule has 82 valence electrons. The van der Waals surface area contributed by atoms with E-state index in [0.29, 0.717) is 12.2 Å². The van der Waals surface area contributed by atoms with Crippen molar-refractivity contribution in [2.45, 2.75) is 66.6 Å². The van der Waals surface area contributed by atoms with Gasteiger partial charge in [-0.3, -0.25) is 0 Å². The topological polar surface area (TPSA) is 9.23 Å². The molecule has 0 aromatic heterocycles. The van der Waals surface area contributed by atoms with E-state index in [1.807, 2.05) is 0 Å². The Labute approximate surface area is 130 Å². The molecule has 0 aliphatic heterocycles. The van der Waals surface area contributed by atoms with Crippen LogP contribution in [0.5, 0.6) is 0 Å². The summed E-state index contributed by atoms with van der Waals surface area (Å²) >= 11 is 0. The van der Waals surface area contributed by atoms with Crippen molar-refractivity contribution in [3.63, 3.8) is 0 Å². The van der Waals surface area contributed by atoms with Crippen LogP contribution < -0.4 is 0 Å². The normalized spacial score (nSPS) is 15.4. The summed E-state index contributed by atoms with van der Waals surface area (Å²) in [7, 11) is 0. The molecule has 0 aromatic carbocycles. The molecule has 0 aliphatic carbocycles. The molecular weight excluding hydrogens is 297 g/mol. The second-order valence-electron chi connectivity index (χ2n) is 5.02. The first-order valence-electron chi connectivity index (χ1n) is 5.57. The van der Waals surface area contributed by atoms with Gasteiger partial charge in [0, 0.05) is 48.9 Å². The molecule has 2 unspecified atom stereocenters. The monoisotopic (exact) mass is 324 g/mol. The van der Waals surface area contributed by atoms with Gasteiger partial charge in [-0.1, -0.05) is 27.7 Å². The number of hydrogen-bond donors (Lipinski definition) is 0. The third-order valence-corrected chi connectivity index (χ3v) is 2.07. The van der Waals surface area contributed by atoms with Crippen molar-refractivity contribution < 1.29 is 4.74 Å². The van der Waals surface area contributed by atoms with Gasteiger partial charge in [-0.15, -0.1) is 0 Å². The molecule has 2 radical (unpaired) electrons. The van der Waals surface area contributed by atoms with Gasteiger partial charge >= 0.3 is 0 Å². The minimum atomic E-state index is 0. The standard InChI is InChI=1S/C12H26O.Ba/c1-9(2)7-11(5)13-12(6)8-10(3)4;/h9-12H,7-8H2,1-6H3;. The van der Waals surface area contributed by atoms with Crippen molar-refractivity contribution >= 4 is 48.9 Å². The van der Waals surface area contributed by atoms with E-state index >= 15 is 0 Å². The fourth-order valence-electron chi connectivity index (χ4n) is 1.84. The first-order chi connectivity index (χ1) is 5.91. The van der Waals surface area contributed by atoms with Crippen LogP contribution in [0.15, 0.2) is 0 Å². The molecule has 2 atom stereocenters. The van der Waals surface area contributed by atoms with E-state index in [-0.39, 0.29) is 48.9 Å². The fraction of sp³-hybridized carbons (Fsp3) is 1.00. The van der Waals surface area contributed by atoms with Crippen LogP contribution in [-0.2, 0) is 4.74 Å². The van der Waals surface area contributed by atoms with Crippen LogP contribution in [0, 0.1) is 11.8 Å². The molecule has 0 saturated carbocycles. The Bertz CT molecular complexity index is 109. The van der Waals surface area contributed by atoms with Crippen molar-refractivity contribution in [3.05, 3.63) is 0 Å². The molecule has 0 spiro atoms. The Kier molecular flexibility index (Phi) is 12.5. The summed E-state index contributed by atoms with van der Waals surface area (Å²) in [5.41, 5.74) is 0. The molecule has 0 heterocycles. The van der Waals surface area contributed by atoms with Gasteiger partial charge in [-0.2, -0.15) is 0 Å². The van der Waals surface area contributed by atoms with Gasteiger partial charge in [0.1, 0.15) is 0 Å². The molecule has 0 aromatic rings. The molecule has 0 fully saturated rings. The first-order valence-corrected chi connectivity index (χ1v) is 5.57. The third kappa shape index (κ3) is 11.6. The van der Waals surface area contributed by atoms with Crippen molar-refractivity contribution in [3.8, 4) is 0 Å². The summed E-state index contributed by atoms with van der Waals surface area (Å²) in [6.45, 7) is 13.3. The van der Waals surface area contributed by atoms with Crippen LogP contribution in [0.3, 0.4) is 0 Å². The smallest absolute Gasteiger partial charge is 0.0553 e. The van der Waals surface area contributed by atoms with Gasteiger partial charge in [-0.25, -0.2) is 0 Å². The Balaban J connectivity index is 0. The summed E-state index contributed by atoms with van der Waals surface area (Å²) in [4.78, 5) is 0. The maximum atomic E-state index is 5.87. The molecule has 2 heteroatoms. The van der Waals surface area contributed by atoms with E-state index in [1.165, 1.54) is 12.8 Å². The maximum Gasteiger partial charge on any atom is 0.0553 e. The Morgan fingerprint density at radius 1 is 0.714 bits per heavy atom. The molecule has 0 bridgehead atoms. The number of ether oxygens (including phenoxy) is 1. The molecule has 14 heavy (non-hydrogen) atoms. The van der Waals surface area contributed by atoms with E-state index in [1.54, 1.807) is 0 Å². The fourth-order valence-corrected chi connectivity index (χ4v) is 1.84. The van der Waals surface area contributed by atoms with Crippen LogP contribution in [0.4, 0.5) is 0 Å². The molecule has 0 saturated heterocycles. The van der Waals surface area contributed by atoms with Crippen LogP contribution in [-0.4, -0.2) is 61.1 Å². The molecular formula is C12H26BaO. The Hall–Kier alpha value is 1.53. The predicted octanol–water partition coefficient (Wildman–Crippen LogP) is 3.49. The number of hydrogen-bond acceptors (Lipinski definition) is 1. The Morgan fingerprint density at radius 2 is 1.00 bits per heavy atom. The first kappa shape index (κ1) is 17.9. The van der Waals surface area contributed by atoms with Crippen molar-refractivity contribution in [1.29, 1.82) is 0 Å². The van der Waals surface area contributed by atoms with E-state index in [0.717, 1.165) is 11.8 Å². The second-order valence-corrected chi connectivity index (χ2v) is 5.02. The summed E-state index contributed by atoms with van der Waals surface area (Å²) in [5, 5.41) is 0. The van der Waals surface area contributed by atoms with E-state index < -0.39 is 0 Å². The minimum absolute atomic E-state index is 0. The number of rotatable bonds is 6. The molecule has 0 aliphatic rings. The SMILES string of the molecule is CC(C)CC(C)OC(C)CC(C)C.[Ba]. The molecule has 0 N–H and O–H groups in total. The van der Waals surface area contributed by atoms with Crippen molar-refractivity contribution in [2.24, 2.45) is 11.8 Å². The minimum Gasteiger partial charge on any atom is -0.376 e. The average molecular weight is 324 g/mol. The van der Waals surface area contributed by atoms with Crippen LogP contribution >= 0.6 is 0 Å². The molecule has 0 amide bonds. The Morgan fingerprint density at radius 3 is 1.21 bits per heavy atom. The summed E-state index contributed by atoms with van der Waals surface area (Å²) < 4.78 is 5.87. The molecule has 1 nitrogen and oxygen atoms in total. The summed E-state index contributed by atoms with van der Waals surface area (Å²) in [6.07, 6.45) is 3.16. The predicted molar refractivity (Wildman–Crippen MR) is 64.7 cm³/mol. The maximum absolute atomic E-state index is 5.87. The zero-order chi connectivity index (χ0) is 10.4. The van der Waals surface area contributed by atoms with Gasteiger partial charge in [0.25, 0.3) is 0 Å². The van der Waals surface area contributed by atoms with E-state index in [9.17, 15) is 0 Å². The van der Waals surface area contributed by atoms with Crippen LogP contribution in [0.1, 0.15) is 54.4 Å².